The van der Waals surface area contributed by atoms with Gasteiger partial charge in [-0.25, -0.2) is 0 Å². The van der Waals surface area contributed by atoms with Crippen LogP contribution in [0, 0.1) is 0 Å². The van der Waals surface area contributed by atoms with Crippen molar-refractivity contribution in [3.63, 3.8) is 0 Å². The van der Waals surface area contributed by atoms with Crippen LogP contribution in [-0.2, 0) is 16.1 Å². The maximum Gasteiger partial charge on any atom is 0.245 e. The highest BCUT2D eigenvalue weighted by Crippen LogP contribution is 2.43. The lowest BCUT2D eigenvalue weighted by atomic mass is 9.86. The first-order valence-corrected chi connectivity index (χ1v) is 10.4. The van der Waals surface area contributed by atoms with Crippen molar-refractivity contribution in [2.24, 2.45) is 0 Å². The Labute approximate surface area is 180 Å². The van der Waals surface area contributed by atoms with Crippen LogP contribution < -0.4 is 14.8 Å². The number of carbonyl (C=O) groups is 2. The number of hydrogen-bond acceptors (Lipinski definition) is 4. The van der Waals surface area contributed by atoms with Gasteiger partial charge >= 0.3 is 0 Å². The Balaban J connectivity index is 1.33. The average molecular weight is 416 g/mol. The van der Waals surface area contributed by atoms with Crippen molar-refractivity contribution in [1.29, 1.82) is 0 Å². The number of nitrogens with one attached hydrogen (secondary N) is 1. The lowest BCUT2D eigenvalue weighted by Gasteiger charge is -2.49. The topological polar surface area (TPSA) is 67.9 Å². The van der Waals surface area contributed by atoms with Gasteiger partial charge in [-0.15, -0.1) is 0 Å². The van der Waals surface area contributed by atoms with E-state index in [0.29, 0.717) is 24.5 Å². The maximum absolute atomic E-state index is 13.2. The van der Waals surface area contributed by atoms with Crippen LogP contribution in [0.3, 0.4) is 0 Å². The Morgan fingerprint density at radius 2 is 1.84 bits per heavy atom. The van der Waals surface area contributed by atoms with Crippen LogP contribution in [0.4, 0.5) is 0 Å². The predicted octanol–water partition coefficient (Wildman–Crippen LogP) is 3.94. The fourth-order valence-corrected chi connectivity index (χ4v) is 4.45. The number of benzene rings is 3. The molecule has 2 heterocycles. The molecule has 3 aromatic rings. The number of nitrogens with zero attached hydrogens (tertiary/aromatic N) is 1. The van der Waals surface area contributed by atoms with Crippen molar-refractivity contribution in [3.05, 3.63) is 71.8 Å². The molecule has 1 atom stereocenters. The molecule has 6 nitrogen and oxygen atoms in total. The first-order chi connectivity index (χ1) is 14.9. The number of likely N-dealkylation sites (tertiary alicyclic amines) is 1. The molecule has 158 valence electrons. The average Bonchev–Trinajstić information content (AvgIpc) is 3.23. The van der Waals surface area contributed by atoms with E-state index in [1.165, 1.54) is 0 Å². The van der Waals surface area contributed by atoms with Crippen LogP contribution in [0.25, 0.3) is 10.8 Å². The second kappa shape index (κ2) is 7.30. The van der Waals surface area contributed by atoms with Gasteiger partial charge in [0.1, 0.15) is 5.54 Å². The summed E-state index contributed by atoms with van der Waals surface area (Å²) in [4.78, 5) is 27.4. The number of β-lactam (4-membered cyclic amide) rings is 1. The van der Waals surface area contributed by atoms with Gasteiger partial charge in [-0.05, 0) is 47.9 Å². The van der Waals surface area contributed by atoms with E-state index in [4.69, 9.17) is 9.47 Å². The molecule has 2 aliphatic heterocycles. The minimum Gasteiger partial charge on any atom is -0.454 e. The van der Waals surface area contributed by atoms with E-state index in [2.05, 4.69) is 23.5 Å². The van der Waals surface area contributed by atoms with Crippen LogP contribution >= 0.6 is 0 Å². The first kappa shape index (κ1) is 19.4. The van der Waals surface area contributed by atoms with Crippen LogP contribution in [0.1, 0.15) is 37.4 Å². The molecule has 1 N–H and O–H groups in total. The molecule has 1 saturated heterocycles. The van der Waals surface area contributed by atoms with E-state index in [-0.39, 0.29) is 24.6 Å². The van der Waals surface area contributed by atoms with Crippen molar-refractivity contribution in [1.82, 2.24) is 10.2 Å². The molecule has 2 aliphatic rings. The number of ether oxygens (including phenoxy) is 2. The number of amides is 2. The zero-order chi connectivity index (χ0) is 21.6. The molecule has 6 heteroatoms. The van der Waals surface area contributed by atoms with Crippen molar-refractivity contribution in [2.45, 2.75) is 38.4 Å². The van der Waals surface area contributed by atoms with Gasteiger partial charge in [-0.2, -0.15) is 0 Å². The summed E-state index contributed by atoms with van der Waals surface area (Å²) in [5.74, 6) is 1.16. The van der Waals surface area contributed by atoms with Gasteiger partial charge in [-0.1, -0.05) is 48.5 Å². The molecule has 3 aromatic carbocycles. The Kier molecular flexibility index (Phi) is 4.58. The van der Waals surface area contributed by atoms with Crippen LogP contribution in [0.15, 0.2) is 60.7 Å². The Morgan fingerprint density at radius 1 is 1.06 bits per heavy atom. The van der Waals surface area contributed by atoms with Gasteiger partial charge < -0.3 is 19.7 Å². The van der Waals surface area contributed by atoms with Gasteiger partial charge in [0.25, 0.3) is 0 Å². The first-order valence-electron chi connectivity index (χ1n) is 10.4. The minimum atomic E-state index is -0.985. The second-order valence-electron chi connectivity index (χ2n) is 8.48. The number of carbonyl (C=O) groups excluding carboxylic acids is 2. The molecule has 0 aromatic heterocycles. The standard InChI is InChI=1S/C25H24N2O4/c1-25(2,24(29)26-14-18-8-5-7-16-6-3-4-9-19(16)18)27-20(13-23(27)28)17-10-11-21-22(12-17)31-15-30-21/h3-12,20H,13-15H2,1-2H3,(H,26,29). The third-order valence-electron chi connectivity index (χ3n) is 6.21. The molecular formula is C25H24N2O4. The molecule has 31 heavy (non-hydrogen) atoms. The number of rotatable bonds is 5. The molecule has 0 aliphatic carbocycles. The van der Waals surface area contributed by atoms with Gasteiger partial charge in [-0.3, -0.25) is 9.59 Å². The zero-order valence-corrected chi connectivity index (χ0v) is 17.6. The van der Waals surface area contributed by atoms with Gasteiger partial charge in [0.15, 0.2) is 11.5 Å². The van der Waals surface area contributed by atoms with Crippen LogP contribution in [-0.4, -0.2) is 29.0 Å². The molecule has 0 saturated carbocycles. The Morgan fingerprint density at radius 3 is 2.68 bits per heavy atom. The highest BCUT2D eigenvalue weighted by Gasteiger charge is 2.49. The second-order valence-corrected chi connectivity index (χ2v) is 8.48. The molecule has 1 fully saturated rings. The van der Waals surface area contributed by atoms with E-state index < -0.39 is 5.54 Å². The lowest BCUT2D eigenvalue weighted by molar-refractivity contribution is -0.162. The molecule has 2 amide bonds. The summed E-state index contributed by atoms with van der Waals surface area (Å²) in [6.07, 6.45) is 0.375. The smallest absolute Gasteiger partial charge is 0.245 e. The van der Waals surface area contributed by atoms with Gasteiger partial charge in [0.05, 0.1) is 12.5 Å². The number of hydrogen-bond donors (Lipinski definition) is 1. The molecule has 5 rings (SSSR count). The van der Waals surface area contributed by atoms with E-state index >= 15 is 0 Å². The fraction of sp³-hybridized carbons (Fsp3) is 0.280. The van der Waals surface area contributed by atoms with Gasteiger partial charge in [0.2, 0.25) is 18.6 Å². The Hall–Kier alpha value is -3.54. The van der Waals surface area contributed by atoms with E-state index in [1.807, 2.05) is 42.5 Å². The van der Waals surface area contributed by atoms with Gasteiger partial charge in [0, 0.05) is 6.54 Å². The highest BCUT2D eigenvalue weighted by atomic mass is 16.7. The van der Waals surface area contributed by atoms with E-state index in [1.54, 1.807) is 18.7 Å². The molecule has 1 unspecified atom stereocenters. The Bertz CT molecular complexity index is 1180. The quantitative estimate of drug-likeness (QED) is 0.640. The largest absolute Gasteiger partial charge is 0.454 e. The molecular weight excluding hydrogens is 392 g/mol. The monoisotopic (exact) mass is 416 g/mol. The van der Waals surface area contributed by atoms with Crippen LogP contribution in [0.2, 0.25) is 0 Å². The predicted molar refractivity (Wildman–Crippen MR) is 117 cm³/mol. The third-order valence-corrected chi connectivity index (χ3v) is 6.21. The zero-order valence-electron chi connectivity index (χ0n) is 17.6. The molecule has 0 radical (unpaired) electrons. The summed E-state index contributed by atoms with van der Waals surface area (Å²) in [5, 5.41) is 5.28. The summed E-state index contributed by atoms with van der Waals surface area (Å²) in [7, 11) is 0. The SMILES string of the molecule is CC(C)(C(=O)NCc1cccc2ccccc12)N1C(=O)CC1c1ccc2c(c1)OCO2. The summed E-state index contributed by atoms with van der Waals surface area (Å²) >= 11 is 0. The summed E-state index contributed by atoms with van der Waals surface area (Å²) < 4.78 is 10.8. The molecule has 0 spiro atoms. The summed E-state index contributed by atoms with van der Waals surface area (Å²) in [6, 6.07) is 19.7. The maximum atomic E-state index is 13.2. The highest BCUT2D eigenvalue weighted by molar-refractivity contribution is 5.94. The number of fused-ring (bicyclic) bond motifs is 2. The lowest BCUT2D eigenvalue weighted by Crippen LogP contribution is -2.63. The van der Waals surface area contributed by atoms with Crippen LogP contribution in [0.5, 0.6) is 11.5 Å². The summed E-state index contributed by atoms with van der Waals surface area (Å²) in [5.41, 5.74) is 1.00. The fourth-order valence-electron chi connectivity index (χ4n) is 4.45. The van der Waals surface area contributed by atoms with E-state index in [9.17, 15) is 9.59 Å². The molecule has 0 bridgehead atoms. The van der Waals surface area contributed by atoms with Crippen molar-refractivity contribution in [2.75, 3.05) is 6.79 Å². The van der Waals surface area contributed by atoms with Crippen molar-refractivity contribution >= 4 is 22.6 Å². The normalized spacial score (nSPS) is 17.5. The summed E-state index contributed by atoms with van der Waals surface area (Å²) in [6.45, 7) is 4.19. The van der Waals surface area contributed by atoms with Crippen molar-refractivity contribution in [3.8, 4) is 11.5 Å². The minimum absolute atomic E-state index is 0.0343. The van der Waals surface area contributed by atoms with E-state index in [0.717, 1.165) is 21.9 Å². The third kappa shape index (κ3) is 3.28. The van der Waals surface area contributed by atoms with Crippen molar-refractivity contribution < 1.29 is 19.1 Å².